The van der Waals surface area contributed by atoms with Crippen molar-refractivity contribution in [2.45, 2.75) is 30.9 Å². The molecule has 0 aliphatic carbocycles. The van der Waals surface area contributed by atoms with Crippen LogP contribution >= 0.6 is 27.7 Å². The molecule has 4 nitrogen and oxygen atoms in total. The van der Waals surface area contributed by atoms with Crippen LogP contribution in [0.1, 0.15) is 23.9 Å². The standard InChI is InChI=1S/C22H22BrN3OS/c1-15-12-18(16(2)26(15)20-9-7-8-19(23)13-20)14-24-25-22(27)17(3)28-21-10-5-4-6-11-21/h4-14,17H,1-3H3,(H,25,27)/b24-14-/t17-/m0/s1. The summed E-state index contributed by atoms with van der Waals surface area (Å²) in [6.45, 7) is 5.98. The third kappa shape index (κ3) is 4.94. The fourth-order valence-electron chi connectivity index (χ4n) is 2.94. The number of carbonyl (C=O) groups is 1. The highest BCUT2D eigenvalue weighted by atomic mass is 79.9. The largest absolute Gasteiger partial charge is 0.318 e. The number of benzene rings is 2. The quantitative estimate of drug-likeness (QED) is 0.303. The van der Waals surface area contributed by atoms with E-state index in [1.54, 1.807) is 6.21 Å². The van der Waals surface area contributed by atoms with E-state index in [0.29, 0.717) is 0 Å². The number of rotatable bonds is 6. The van der Waals surface area contributed by atoms with Crippen LogP contribution in [0.4, 0.5) is 0 Å². The van der Waals surface area contributed by atoms with Gasteiger partial charge in [-0.2, -0.15) is 5.10 Å². The lowest BCUT2D eigenvalue weighted by Gasteiger charge is -2.10. The zero-order chi connectivity index (χ0) is 20.1. The molecule has 0 aliphatic rings. The Morgan fingerprint density at radius 1 is 1.14 bits per heavy atom. The van der Waals surface area contributed by atoms with Gasteiger partial charge in [0.05, 0.1) is 11.5 Å². The topological polar surface area (TPSA) is 46.4 Å². The number of hydrazone groups is 1. The number of amides is 1. The zero-order valence-corrected chi connectivity index (χ0v) is 18.4. The number of aromatic nitrogens is 1. The van der Waals surface area contributed by atoms with Crippen molar-refractivity contribution in [2.75, 3.05) is 0 Å². The molecule has 3 rings (SSSR count). The van der Waals surface area contributed by atoms with Gasteiger partial charge >= 0.3 is 0 Å². The molecule has 1 amide bonds. The molecule has 0 saturated carbocycles. The molecule has 144 valence electrons. The maximum atomic E-state index is 12.3. The van der Waals surface area contributed by atoms with Gasteiger partial charge in [-0.3, -0.25) is 4.79 Å². The van der Waals surface area contributed by atoms with E-state index < -0.39 is 0 Å². The molecule has 1 aromatic heterocycles. The molecular weight excluding hydrogens is 434 g/mol. The second kappa shape index (κ2) is 9.26. The fourth-order valence-corrected chi connectivity index (χ4v) is 4.21. The smallest absolute Gasteiger partial charge is 0.253 e. The lowest BCUT2D eigenvalue weighted by Crippen LogP contribution is -2.26. The number of hydrogen-bond acceptors (Lipinski definition) is 3. The number of carbonyl (C=O) groups excluding carboxylic acids is 1. The lowest BCUT2D eigenvalue weighted by molar-refractivity contribution is -0.120. The van der Waals surface area contributed by atoms with Crippen molar-refractivity contribution in [3.8, 4) is 5.69 Å². The molecule has 0 bridgehead atoms. The number of aryl methyl sites for hydroxylation is 1. The van der Waals surface area contributed by atoms with Crippen LogP contribution < -0.4 is 5.43 Å². The summed E-state index contributed by atoms with van der Waals surface area (Å²) >= 11 is 5.03. The Morgan fingerprint density at radius 2 is 1.89 bits per heavy atom. The molecule has 2 aromatic carbocycles. The Balaban J connectivity index is 1.68. The van der Waals surface area contributed by atoms with Gasteiger partial charge in [-0.15, -0.1) is 11.8 Å². The van der Waals surface area contributed by atoms with Gasteiger partial charge in [0.15, 0.2) is 0 Å². The first-order valence-electron chi connectivity index (χ1n) is 8.95. The van der Waals surface area contributed by atoms with E-state index in [-0.39, 0.29) is 11.2 Å². The Bertz CT molecular complexity index is 998. The lowest BCUT2D eigenvalue weighted by atomic mass is 10.2. The van der Waals surface area contributed by atoms with Crippen LogP contribution in [0, 0.1) is 13.8 Å². The number of nitrogens with zero attached hydrogens (tertiary/aromatic N) is 2. The summed E-state index contributed by atoms with van der Waals surface area (Å²) in [4.78, 5) is 13.4. The van der Waals surface area contributed by atoms with Crippen molar-refractivity contribution in [3.05, 3.63) is 82.1 Å². The second-order valence-corrected chi connectivity index (χ2v) is 8.78. The van der Waals surface area contributed by atoms with Crippen molar-refractivity contribution in [2.24, 2.45) is 5.10 Å². The summed E-state index contributed by atoms with van der Waals surface area (Å²) in [5, 5.41) is 3.94. The summed E-state index contributed by atoms with van der Waals surface area (Å²) < 4.78 is 3.20. The monoisotopic (exact) mass is 455 g/mol. The molecule has 0 fully saturated rings. The van der Waals surface area contributed by atoms with Gasteiger partial charge in [0, 0.05) is 32.0 Å². The van der Waals surface area contributed by atoms with Crippen LogP contribution in [-0.4, -0.2) is 21.9 Å². The first-order valence-corrected chi connectivity index (χ1v) is 10.6. The van der Waals surface area contributed by atoms with E-state index in [1.807, 2.05) is 56.3 Å². The highest BCUT2D eigenvalue weighted by Gasteiger charge is 2.14. The maximum Gasteiger partial charge on any atom is 0.253 e. The van der Waals surface area contributed by atoms with Crippen molar-refractivity contribution < 1.29 is 4.79 Å². The van der Waals surface area contributed by atoms with Gasteiger partial charge in [-0.25, -0.2) is 5.43 Å². The van der Waals surface area contributed by atoms with Crippen molar-refractivity contribution in [1.29, 1.82) is 0 Å². The second-order valence-electron chi connectivity index (χ2n) is 6.45. The predicted molar refractivity (Wildman–Crippen MR) is 120 cm³/mol. The molecule has 3 aromatic rings. The van der Waals surface area contributed by atoms with E-state index in [0.717, 1.165) is 32.0 Å². The minimum absolute atomic E-state index is 0.120. The average molecular weight is 456 g/mol. The number of thioether (sulfide) groups is 1. The van der Waals surface area contributed by atoms with Gasteiger partial charge in [-0.05, 0) is 57.2 Å². The van der Waals surface area contributed by atoms with Crippen molar-refractivity contribution in [3.63, 3.8) is 0 Å². The summed E-state index contributed by atoms with van der Waals surface area (Å²) in [5.74, 6) is -0.120. The first-order chi connectivity index (χ1) is 13.5. The number of nitrogens with one attached hydrogen (secondary N) is 1. The Morgan fingerprint density at radius 3 is 2.61 bits per heavy atom. The highest BCUT2D eigenvalue weighted by molar-refractivity contribution is 9.10. The highest BCUT2D eigenvalue weighted by Crippen LogP contribution is 2.23. The molecule has 1 N–H and O–H groups in total. The summed E-state index contributed by atoms with van der Waals surface area (Å²) in [7, 11) is 0. The zero-order valence-electron chi connectivity index (χ0n) is 16.0. The molecule has 28 heavy (non-hydrogen) atoms. The molecule has 0 radical (unpaired) electrons. The third-order valence-electron chi connectivity index (χ3n) is 4.34. The molecule has 0 spiro atoms. The predicted octanol–water partition coefficient (Wildman–Crippen LogP) is 5.49. The van der Waals surface area contributed by atoms with E-state index in [9.17, 15) is 4.79 Å². The molecule has 0 aliphatic heterocycles. The van der Waals surface area contributed by atoms with Crippen LogP contribution in [0.15, 0.2) is 75.1 Å². The summed E-state index contributed by atoms with van der Waals surface area (Å²) in [6, 6.07) is 20.1. The molecule has 1 atom stereocenters. The fraction of sp³-hybridized carbons (Fsp3) is 0.182. The SMILES string of the molecule is Cc1cc(/C=N\NC(=O)[C@H](C)Sc2ccccc2)c(C)n1-c1cccc(Br)c1. The van der Waals surface area contributed by atoms with Gasteiger partial charge in [0.25, 0.3) is 5.91 Å². The Kier molecular flexibility index (Phi) is 6.75. The average Bonchev–Trinajstić information content (AvgIpc) is 2.96. The van der Waals surface area contributed by atoms with Gasteiger partial charge in [-0.1, -0.05) is 40.2 Å². The van der Waals surface area contributed by atoms with E-state index >= 15 is 0 Å². The van der Waals surface area contributed by atoms with Crippen LogP contribution in [0.3, 0.4) is 0 Å². The van der Waals surface area contributed by atoms with E-state index in [1.165, 1.54) is 11.8 Å². The molecule has 6 heteroatoms. The molecule has 0 unspecified atom stereocenters. The van der Waals surface area contributed by atoms with Crippen LogP contribution in [0.2, 0.25) is 0 Å². The van der Waals surface area contributed by atoms with Gasteiger partial charge in [0.2, 0.25) is 0 Å². The minimum atomic E-state index is -0.228. The summed E-state index contributed by atoms with van der Waals surface area (Å²) in [5.41, 5.74) is 6.88. The van der Waals surface area contributed by atoms with Gasteiger partial charge < -0.3 is 4.57 Å². The molecule has 0 saturated heterocycles. The normalized spacial score (nSPS) is 12.3. The van der Waals surface area contributed by atoms with Crippen molar-refractivity contribution >= 4 is 39.8 Å². The third-order valence-corrected chi connectivity index (χ3v) is 5.95. The maximum absolute atomic E-state index is 12.3. The van der Waals surface area contributed by atoms with Crippen LogP contribution in [0.25, 0.3) is 5.69 Å². The number of hydrogen-bond donors (Lipinski definition) is 1. The minimum Gasteiger partial charge on any atom is -0.318 e. The van der Waals surface area contributed by atoms with Crippen LogP contribution in [-0.2, 0) is 4.79 Å². The molecular formula is C22H22BrN3OS. The van der Waals surface area contributed by atoms with E-state index in [4.69, 9.17) is 0 Å². The Labute approximate surface area is 178 Å². The Hall–Kier alpha value is -2.31. The van der Waals surface area contributed by atoms with Crippen molar-refractivity contribution in [1.82, 2.24) is 9.99 Å². The summed E-state index contributed by atoms with van der Waals surface area (Å²) in [6.07, 6.45) is 1.70. The number of halogens is 1. The van der Waals surface area contributed by atoms with E-state index in [2.05, 4.69) is 56.1 Å². The van der Waals surface area contributed by atoms with Crippen LogP contribution in [0.5, 0.6) is 0 Å². The molecule has 1 heterocycles. The first kappa shape index (κ1) is 20.4. The van der Waals surface area contributed by atoms with Gasteiger partial charge in [0.1, 0.15) is 0 Å².